The molecule has 0 aliphatic carbocycles. The highest BCUT2D eigenvalue weighted by Gasteiger charge is 2.49. The molecular weight excluding hydrogens is 467 g/mol. The van der Waals surface area contributed by atoms with Crippen LogP contribution in [0.1, 0.15) is 22.9 Å². The number of fused-ring (bicyclic) bond motifs is 1. The Hall–Kier alpha value is -4.73. The number of amides is 1. The van der Waals surface area contributed by atoms with E-state index in [1.54, 1.807) is 30.3 Å². The number of hydrogen-bond donors (Lipinski definition) is 2. The van der Waals surface area contributed by atoms with E-state index in [2.05, 4.69) is 15.0 Å². The van der Waals surface area contributed by atoms with Gasteiger partial charge in [0.1, 0.15) is 17.6 Å². The highest BCUT2D eigenvalue weighted by molar-refractivity contribution is 6.51. The zero-order valence-corrected chi connectivity index (χ0v) is 19.6. The molecule has 0 bridgehead atoms. The average molecular weight is 488 g/mol. The summed E-state index contributed by atoms with van der Waals surface area (Å²) in [7, 11) is 2.99. The number of methoxy groups -OCH3 is 2. The van der Waals surface area contributed by atoms with Gasteiger partial charge in [0.25, 0.3) is 5.78 Å². The van der Waals surface area contributed by atoms with Gasteiger partial charge in [-0.15, -0.1) is 0 Å². The van der Waals surface area contributed by atoms with E-state index in [-0.39, 0.29) is 22.6 Å². The summed E-state index contributed by atoms with van der Waals surface area (Å²) in [5.41, 5.74) is 1.65. The lowest BCUT2D eigenvalue weighted by atomic mass is 9.97. The van der Waals surface area contributed by atoms with Crippen LogP contribution in [0.4, 0.5) is 10.3 Å². The fourth-order valence-corrected chi connectivity index (χ4v) is 4.25. The number of imidazole rings is 1. The van der Waals surface area contributed by atoms with Crippen LogP contribution in [0.15, 0.2) is 60.3 Å². The van der Waals surface area contributed by atoms with Gasteiger partial charge in [0.15, 0.2) is 11.5 Å². The second-order valence-electron chi connectivity index (χ2n) is 8.17. The first-order chi connectivity index (χ1) is 17.3. The number of rotatable bonds is 5. The van der Waals surface area contributed by atoms with Gasteiger partial charge in [-0.05, 0) is 42.8 Å². The van der Waals surface area contributed by atoms with Gasteiger partial charge in [-0.2, -0.15) is 0 Å². The maximum Gasteiger partial charge on any atom is 0.302 e. The van der Waals surface area contributed by atoms with Crippen molar-refractivity contribution in [3.05, 3.63) is 82.9 Å². The van der Waals surface area contributed by atoms with Gasteiger partial charge in [-0.3, -0.25) is 19.5 Å². The number of pyridine rings is 1. The number of aromatic amines is 1. The number of Topliss-reactive ketones (excluding diaryl/α,β-unsaturated/α-hetero) is 1. The molecule has 2 aromatic heterocycles. The van der Waals surface area contributed by atoms with E-state index in [0.717, 1.165) is 4.90 Å². The fourth-order valence-electron chi connectivity index (χ4n) is 4.25. The lowest BCUT2D eigenvalue weighted by Crippen LogP contribution is -2.30. The molecule has 10 heteroatoms. The van der Waals surface area contributed by atoms with E-state index in [0.29, 0.717) is 28.2 Å². The topological polar surface area (TPSA) is 118 Å². The Morgan fingerprint density at radius 2 is 1.83 bits per heavy atom. The van der Waals surface area contributed by atoms with Gasteiger partial charge >= 0.3 is 5.91 Å². The number of benzene rings is 2. The van der Waals surface area contributed by atoms with Gasteiger partial charge in [0, 0.05) is 23.9 Å². The van der Waals surface area contributed by atoms with Crippen LogP contribution in [0.5, 0.6) is 11.5 Å². The number of halogens is 1. The first kappa shape index (κ1) is 23.0. The van der Waals surface area contributed by atoms with Gasteiger partial charge < -0.3 is 19.6 Å². The number of aliphatic hydroxyl groups excluding tert-OH is 1. The summed E-state index contributed by atoms with van der Waals surface area (Å²) in [5.74, 6) is -1.74. The number of aromatic nitrogens is 3. The summed E-state index contributed by atoms with van der Waals surface area (Å²) in [6, 6.07) is 11.2. The monoisotopic (exact) mass is 488 g/mol. The predicted molar refractivity (Wildman–Crippen MR) is 129 cm³/mol. The number of nitrogens with zero attached hydrogens (tertiary/aromatic N) is 3. The third-order valence-electron chi connectivity index (χ3n) is 6.05. The molecule has 4 aromatic rings. The van der Waals surface area contributed by atoms with Crippen LogP contribution in [-0.4, -0.2) is 46.0 Å². The minimum Gasteiger partial charge on any atom is -0.507 e. The Kier molecular flexibility index (Phi) is 5.63. The second-order valence-corrected chi connectivity index (χ2v) is 8.17. The summed E-state index contributed by atoms with van der Waals surface area (Å²) in [4.78, 5) is 39.6. The molecule has 36 heavy (non-hydrogen) atoms. The van der Waals surface area contributed by atoms with Crippen molar-refractivity contribution in [3.63, 3.8) is 0 Å². The number of aryl methyl sites for hydroxylation is 1. The zero-order chi connectivity index (χ0) is 25.6. The lowest BCUT2D eigenvalue weighted by Gasteiger charge is -2.22. The van der Waals surface area contributed by atoms with Gasteiger partial charge in [-0.1, -0.05) is 6.07 Å². The number of H-pyrrole nitrogens is 1. The standard InChI is InChI=1S/C26H21FN4O5/c1-13-10-14(7-8-15(13)27)23(32)21-22(16-6-4-5-9-28-16)31(25(34)24(21)33)26-29-17-11-19(35-2)20(36-3)12-18(17)30-26/h4-12,22,32H,1-3H3,(H,29,30)/b23-21+. The summed E-state index contributed by atoms with van der Waals surface area (Å²) in [6.45, 7) is 1.54. The molecule has 1 fully saturated rings. The molecule has 2 N–H and O–H groups in total. The van der Waals surface area contributed by atoms with Crippen LogP contribution < -0.4 is 14.4 Å². The predicted octanol–water partition coefficient (Wildman–Crippen LogP) is 4.05. The number of aliphatic hydroxyl groups is 1. The van der Waals surface area contributed by atoms with E-state index < -0.39 is 29.3 Å². The second kappa shape index (κ2) is 8.81. The van der Waals surface area contributed by atoms with E-state index in [1.165, 1.54) is 45.5 Å². The molecule has 2 aromatic carbocycles. The first-order valence-electron chi connectivity index (χ1n) is 10.9. The van der Waals surface area contributed by atoms with E-state index in [4.69, 9.17) is 9.47 Å². The van der Waals surface area contributed by atoms with Crippen LogP contribution >= 0.6 is 0 Å². The Balaban J connectivity index is 1.71. The SMILES string of the molecule is COc1cc2nc(N3C(=O)C(=O)/C(=C(/O)c4ccc(F)c(C)c4)C3c3ccccn3)[nH]c2cc1OC. The summed E-state index contributed by atoms with van der Waals surface area (Å²) >= 11 is 0. The Labute approximate surface area is 204 Å². The number of carbonyl (C=O) groups excluding carboxylic acids is 2. The van der Waals surface area contributed by atoms with Crippen molar-refractivity contribution in [1.29, 1.82) is 0 Å². The third-order valence-corrected chi connectivity index (χ3v) is 6.05. The first-order valence-corrected chi connectivity index (χ1v) is 10.9. The van der Waals surface area contributed by atoms with Crippen LogP contribution in [0.2, 0.25) is 0 Å². The molecule has 1 aliphatic heterocycles. The van der Waals surface area contributed by atoms with Crippen LogP contribution in [0, 0.1) is 12.7 Å². The summed E-state index contributed by atoms with van der Waals surface area (Å²) < 4.78 is 24.5. The molecule has 182 valence electrons. The van der Waals surface area contributed by atoms with Crippen molar-refractivity contribution < 1.29 is 28.6 Å². The maximum absolute atomic E-state index is 13.8. The third kappa shape index (κ3) is 3.63. The van der Waals surface area contributed by atoms with Gasteiger partial charge in [0.05, 0.1) is 36.5 Å². The number of hydrogen-bond acceptors (Lipinski definition) is 7. The highest BCUT2D eigenvalue weighted by atomic mass is 19.1. The normalized spacial score (nSPS) is 17.1. The lowest BCUT2D eigenvalue weighted by molar-refractivity contribution is -0.132. The number of anilines is 1. The molecule has 0 spiro atoms. The van der Waals surface area contributed by atoms with Crippen molar-refractivity contribution in [3.8, 4) is 11.5 Å². The van der Waals surface area contributed by atoms with Crippen LogP contribution in [0.25, 0.3) is 16.8 Å². The Bertz CT molecular complexity index is 1510. The molecule has 1 saturated heterocycles. The molecular formula is C26H21FN4O5. The Morgan fingerprint density at radius 1 is 1.08 bits per heavy atom. The molecule has 1 unspecified atom stereocenters. The van der Waals surface area contributed by atoms with Crippen molar-refractivity contribution >= 4 is 34.4 Å². The highest BCUT2D eigenvalue weighted by Crippen LogP contribution is 2.42. The van der Waals surface area contributed by atoms with Crippen molar-refractivity contribution in [1.82, 2.24) is 15.0 Å². The van der Waals surface area contributed by atoms with E-state index >= 15 is 0 Å². The van der Waals surface area contributed by atoms with Gasteiger partial charge in [-0.25, -0.2) is 9.37 Å². The van der Waals surface area contributed by atoms with E-state index in [1.807, 2.05) is 0 Å². The number of nitrogens with one attached hydrogen (secondary N) is 1. The number of ketones is 1. The molecule has 1 aliphatic rings. The molecule has 1 atom stereocenters. The fraction of sp³-hybridized carbons (Fsp3) is 0.154. The summed E-state index contributed by atoms with van der Waals surface area (Å²) in [6.07, 6.45) is 1.52. The molecule has 1 amide bonds. The number of carbonyl (C=O) groups is 2. The van der Waals surface area contributed by atoms with Gasteiger partial charge in [0.2, 0.25) is 5.95 Å². The largest absolute Gasteiger partial charge is 0.507 e. The molecule has 3 heterocycles. The molecule has 0 radical (unpaired) electrons. The average Bonchev–Trinajstić information content (AvgIpc) is 3.42. The molecule has 9 nitrogen and oxygen atoms in total. The van der Waals surface area contributed by atoms with Crippen molar-refractivity contribution in [2.24, 2.45) is 0 Å². The van der Waals surface area contributed by atoms with Crippen LogP contribution in [0.3, 0.4) is 0 Å². The van der Waals surface area contributed by atoms with E-state index in [9.17, 15) is 19.1 Å². The Morgan fingerprint density at radius 3 is 2.50 bits per heavy atom. The maximum atomic E-state index is 13.8. The summed E-state index contributed by atoms with van der Waals surface area (Å²) in [5, 5.41) is 11.2. The molecule has 0 saturated carbocycles. The minimum atomic E-state index is -1.08. The molecule has 5 rings (SSSR count). The van der Waals surface area contributed by atoms with Crippen molar-refractivity contribution in [2.45, 2.75) is 13.0 Å². The minimum absolute atomic E-state index is 0.0763. The van der Waals surface area contributed by atoms with Crippen LogP contribution in [-0.2, 0) is 9.59 Å². The zero-order valence-electron chi connectivity index (χ0n) is 19.6. The quantitative estimate of drug-likeness (QED) is 0.247. The number of ether oxygens (including phenoxy) is 2. The van der Waals surface area contributed by atoms with Crippen molar-refractivity contribution in [2.75, 3.05) is 19.1 Å². The smallest absolute Gasteiger partial charge is 0.302 e.